The third kappa shape index (κ3) is 1.88. The van der Waals surface area contributed by atoms with Crippen LogP contribution in [0.5, 0.6) is 0 Å². The van der Waals surface area contributed by atoms with Gasteiger partial charge in [0, 0.05) is 17.1 Å². The molecule has 0 saturated heterocycles. The Bertz CT molecular complexity index is 626. The molecule has 0 bridgehead atoms. The van der Waals surface area contributed by atoms with E-state index < -0.39 is 0 Å². The standard InChI is InChI=1S/C15H13NO2/c17-15(14-8-1-2-10-18-14)12-5-3-7-13-11(12)6-4-9-16-13/h3-9H,1-2,10H2. The van der Waals surface area contributed by atoms with Crippen molar-refractivity contribution in [3.8, 4) is 0 Å². The third-order valence-corrected chi connectivity index (χ3v) is 3.05. The van der Waals surface area contributed by atoms with Gasteiger partial charge in [0.2, 0.25) is 5.78 Å². The first-order valence-corrected chi connectivity index (χ1v) is 6.08. The SMILES string of the molecule is O=C(C1=CCCCO1)c1cccc2ncccc12. The first-order chi connectivity index (χ1) is 8.86. The van der Waals surface area contributed by atoms with Crippen LogP contribution in [0.25, 0.3) is 10.9 Å². The van der Waals surface area contributed by atoms with Gasteiger partial charge in [-0.2, -0.15) is 0 Å². The van der Waals surface area contributed by atoms with Gasteiger partial charge >= 0.3 is 0 Å². The van der Waals surface area contributed by atoms with Crippen LogP contribution in [0.1, 0.15) is 23.2 Å². The second-order valence-corrected chi connectivity index (χ2v) is 4.26. The van der Waals surface area contributed by atoms with Gasteiger partial charge in [0.1, 0.15) is 0 Å². The Morgan fingerprint density at radius 3 is 3.00 bits per heavy atom. The monoisotopic (exact) mass is 239 g/mol. The van der Waals surface area contributed by atoms with Crippen molar-refractivity contribution in [2.75, 3.05) is 6.61 Å². The van der Waals surface area contributed by atoms with Gasteiger partial charge in [-0.05, 0) is 31.1 Å². The summed E-state index contributed by atoms with van der Waals surface area (Å²) in [4.78, 5) is 16.6. The molecule has 0 aliphatic carbocycles. The quantitative estimate of drug-likeness (QED) is 0.756. The second kappa shape index (κ2) is 4.61. The maximum atomic E-state index is 12.4. The minimum atomic E-state index is -0.0479. The number of pyridine rings is 1. The fourth-order valence-corrected chi connectivity index (χ4v) is 2.15. The smallest absolute Gasteiger partial charge is 0.227 e. The Morgan fingerprint density at radius 1 is 1.22 bits per heavy atom. The molecule has 0 fully saturated rings. The molecule has 0 unspecified atom stereocenters. The largest absolute Gasteiger partial charge is 0.490 e. The molecule has 3 heteroatoms. The Hall–Kier alpha value is -2.16. The minimum absolute atomic E-state index is 0.0479. The molecule has 18 heavy (non-hydrogen) atoms. The fourth-order valence-electron chi connectivity index (χ4n) is 2.15. The molecular formula is C15H13NO2. The summed E-state index contributed by atoms with van der Waals surface area (Å²) in [7, 11) is 0. The van der Waals surface area contributed by atoms with E-state index in [1.807, 2.05) is 36.4 Å². The van der Waals surface area contributed by atoms with Crippen molar-refractivity contribution >= 4 is 16.7 Å². The predicted octanol–water partition coefficient (Wildman–Crippen LogP) is 3.11. The molecule has 3 rings (SSSR count). The van der Waals surface area contributed by atoms with E-state index >= 15 is 0 Å². The summed E-state index contributed by atoms with van der Waals surface area (Å²) in [6.07, 6.45) is 5.49. The molecule has 2 heterocycles. The number of allylic oxidation sites excluding steroid dienone is 2. The zero-order chi connectivity index (χ0) is 12.4. The Morgan fingerprint density at radius 2 is 2.17 bits per heavy atom. The Balaban J connectivity index is 2.09. The number of carbonyl (C=O) groups excluding carboxylic acids is 1. The molecule has 3 nitrogen and oxygen atoms in total. The highest BCUT2D eigenvalue weighted by Gasteiger charge is 2.18. The topological polar surface area (TPSA) is 39.2 Å². The zero-order valence-electron chi connectivity index (χ0n) is 9.93. The highest BCUT2D eigenvalue weighted by Crippen LogP contribution is 2.22. The molecule has 0 atom stereocenters. The molecule has 1 aromatic heterocycles. The van der Waals surface area contributed by atoms with Crippen LogP contribution in [0.15, 0.2) is 48.4 Å². The average Bonchev–Trinajstić information content (AvgIpc) is 2.47. The van der Waals surface area contributed by atoms with Crippen LogP contribution in [-0.2, 0) is 4.74 Å². The number of Topliss-reactive ketones (excluding diaryl/α,β-unsaturated/α-hetero) is 1. The van der Waals surface area contributed by atoms with E-state index in [-0.39, 0.29) is 5.78 Å². The van der Waals surface area contributed by atoms with Gasteiger partial charge in [0.15, 0.2) is 5.76 Å². The highest BCUT2D eigenvalue weighted by molar-refractivity contribution is 6.14. The lowest BCUT2D eigenvalue weighted by molar-refractivity contribution is 0.0900. The van der Waals surface area contributed by atoms with E-state index in [2.05, 4.69) is 4.98 Å². The first kappa shape index (κ1) is 11.0. The second-order valence-electron chi connectivity index (χ2n) is 4.26. The summed E-state index contributed by atoms with van der Waals surface area (Å²) < 4.78 is 5.43. The molecular weight excluding hydrogens is 226 g/mol. The van der Waals surface area contributed by atoms with Gasteiger partial charge in [-0.1, -0.05) is 18.2 Å². The van der Waals surface area contributed by atoms with Crippen molar-refractivity contribution < 1.29 is 9.53 Å². The zero-order valence-corrected chi connectivity index (χ0v) is 9.93. The summed E-state index contributed by atoms with van der Waals surface area (Å²) >= 11 is 0. The predicted molar refractivity (Wildman–Crippen MR) is 69.3 cm³/mol. The molecule has 1 aromatic carbocycles. The highest BCUT2D eigenvalue weighted by atomic mass is 16.5. The molecule has 1 aliphatic rings. The summed E-state index contributed by atoms with van der Waals surface area (Å²) in [5.41, 5.74) is 1.49. The lowest BCUT2D eigenvalue weighted by Gasteiger charge is -2.14. The van der Waals surface area contributed by atoms with Crippen molar-refractivity contribution in [3.05, 3.63) is 53.9 Å². The summed E-state index contributed by atoms with van der Waals surface area (Å²) in [6, 6.07) is 9.34. The number of carbonyl (C=O) groups is 1. The van der Waals surface area contributed by atoms with Crippen molar-refractivity contribution in [1.82, 2.24) is 4.98 Å². The lowest BCUT2D eigenvalue weighted by Crippen LogP contribution is -2.11. The Labute approximate surface area is 105 Å². The number of ether oxygens (including phenoxy) is 1. The maximum Gasteiger partial charge on any atom is 0.227 e. The summed E-state index contributed by atoms with van der Waals surface area (Å²) in [6.45, 7) is 0.626. The van der Waals surface area contributed by atoms with Crippen molar-refractivity contribution in [3.63, 3.8) is 0 Å². The molecule has 0 saturated carbocycles. The summed E-state index contributed by atoms with van der Waals surface area (Å²) in [5.74, 6) is 0.422. The normalized spacial score (nSPS) is 15.0. The van der Waals surface area contributed by atoms with Gasteiger partial charge in [-0.15, -0.1) is 0 Å². The molecule has 2 aromatic rings. The summed E-state index contributed by atoms with van der Waals surface area (Å²) in [5, 5.41) is 0.875. The van der Waals surface area contributed by atoms with Crippen molar-refractivity contribution in [1.29, 1.82) is 0 Å². The van der Waals surface area contributed by atoms with Gasteiger partial charge in [0.25, 0.3) is 0 Å². The van der Waals surface area contributed by atoms with Crippen LogP contribution in [0, 0.1) is 0 Å². The molecule has 0 amide bonds. The van der Waals surface area contributed by atoms with Crippen LogP contribution in [0.3, 0.4) is 0 Å². The Kier molecular flexibility index (Phi) is 2.81. The van der Waals surface area contributed by atoms with Crippen LogP contribution >= 0.6 is 0 Å². The van der Waals surface area contributed by atoms with E-state index in [0.29, 0.717) is 17.9 Å². The van der Waals surface area contributed by atoms with E-state index in [9.17, 15) is 4.79 Å². The van der Waals surface area contributed by atoms with Crippen LogP contribution < -0.4 is 0 Å². The molecule has 0 spiro atoms. The molecule has 90 valence electrons. The average molecular weight is 239 g/mol. The van der Waals surface area contributed by atoms with Gasteiger partial charge < -0.3 is 4.74 Å². The number of hydrogen-bond donors (Lipinski definition) is 0. The number of benzene rings is 1. The number of nitrogens with zero attached hydrogens (tertiary/aromatic N) is 1. The maximum absolute atomic E-state index is 12.4. The van der Waals surface area contributed by atoms with Crippen LogP contribution in [-0.4, -0.2) is 17.4 Å². The first-order valence-electron chi connectivity index (χ1n) is 6.08. The molecule has 0 N–H and O–H groups in total. The van der Waals surface area contributed by atoms with E-state index in [0.717, 1.165) is 23.7 Å². The number of rotatable bonds is 2. The van der Waals surface area contributed by atoms with Gasteiger partial charge in [-0.3, -0.25) is 9.78 Å². The number of hydrogen-bond acceptors (Lipinski definition) is 3. The third-order valence-electron chi connectivity index (χ3n) is 3.05. The number of ketones is 1. The molecule has 0 radical (unpaired) electrons. The van der Waals surface area contributed by atoms with Gasteiger partial charge in [0.05, 0.1) is 12.1 Å². The fraction of sp³-hybridized carbons (Fsp3) is 0.200. The van der Waals surface area contributed by atoms with Crippen molar-refractivity contribution in [2.45, 2.75) is 12.8 Å². The number of aromatic nitrogens is 1. The van der Waals surface area contributed by atoms with Crippen LogP contribution in [0.4, 0.5) is 0 Å². The minimum Gasteiger partial charge on any atom is -0.490 e. The van der Waals surface area contributed by atoms with E-state index in [1.54, 1.807) is 6.20 Å². The lowest BCUT2D eigenvalue weighted by atomic mass is 10.0. The number of fused-ring (bicyclic) bond motifs is 1. The van der Waals surface area contributed by atoms with Gasteiger partial charge in [-0.25, -0.2) is 0 Å². The van der Waals surface area contributed by atoms with E-state index in [1.165, 1.54) is 0 Å². The van der Waals surface area contributed by atoms with Crippen molar-refractivity contribution in [2.24, 2.45) is 0 Å². The molecule has 1 aliphatic heterocycles. The van der Waals surface area contributed by atoms with Crippen LogP contribution in [0.2, 0.25) is 0 Å². The van der Waals surface area contributed by atoms with E-state index in [4.69, 9.17) is 4.74 Å².